The predicted molar refractivity (Wildman–Crippen MR) is 71.6 cm³/mol. The van der Waals surface area contributed by atoms with E-state index < -0.39 is 15.8 Å². The highest BCUT2D eigenvalue weighted by atomic mass is 32.2. The monoisotopic (exact) mass is 280 g/mol. The fraction of sp³-hybridized carbons (Fsp3) is 0.357. The molecule has 0 aromatic heterocycles. The molecular weight excluding hydrogens is 264 g/mol. The summed E-state index contributed by atoms with van der Waals surface area (Å²) < 4.78 is 28.7. The standard InChI is InChI=1S/C14H16O4S/c1-2-18-14(15)9-5-6-11-10-19(16,17)13-8-4-3-7-12(11)13/h3-5,7-9,11H,2,6,10H2,1H3. The van der Waals surface area contributed by atoms with Gasteiger partial charge in [-0.2, -0.15) is 0 Å². The number of benzene rings is 1. The summed E-state index contributed by atoms with van der Waals surface area (Å²) in [4.78, 5) is 11.6. The first kappa shape index (κ1) is 13.8. The number of hydrogen-bond acceptors (Lipinski definition) is 4. The number of ether oxygens (including phenoxy) is 1. The molecule has 5 heteroatoms. The van der Waals surface area contributed by atoms with Crippen LogP contribution in [0, 0.1) is 0 Å². The van der Waals surface area contributed by atoms with Crippen LogP contribution in [0.1, 0.15) is 24.8 Å². The summed E-state index contributed by atoms with van der Waals surface area (Å²) in [6.45, 7) is 2.08. The van der Waals surface area contributed by atoms with Crippen LogP contribution in [0.4, 0.5) is 0 Å². The average Bonchev–Trinajstić information content (AvgIpc) is 2.62. The third-order valence-electron chi connectivity index (χ3n) is 3.08. The Bertz CT molecular complexity index is 602. The maximum absolute atomic E-state index is 11.9. The van der Waals surface area contributed by atoms with Gasteiger partial charge in [0.15, 0.2) is 9.84 Å². The minimum Gasteiger partial charge on any atom is -0.463 e. The molecule has 102 valence electrons. The van der Waals surface area contributed by atoms with Crippen molar-refractivity contribution in [3.8, 4) is 0 Å². The van der Waals surface area contributed by atoms with Crippen molar-refractivity contribution in [3.63, 3.8) is 0 Å². The topological polar surface area (TPSA) is 60.4 Å². The maximum Gasteiger partial charge on any atom is 0.330 e. The van der Waals surface area contributed by atoms with Crippen molar-refractivity contribution >= 4 is 15.8 Å². The molecule has 1 heterocycles. The number of sulfone groups is 1. The fourth-order valence-corrected chi connectivity index (χ4v) is 4.16. The van der Waals surface area contributed by atoms with Crippen LogP contribution in [-0.2, 0) is 19.4 Å². The summed E-state index contributed by atoms with van der Waals surface area (Å²) in [5, 5.41) is 0. The zero-order valence-corrected chi connectivity index (χ0v) is 11.5. The first-order chi connectivity index (χ1) is 9.04. The molecule has 2 rings (SSSR count). The lowest BCUT2D eigenvalue weighted by molar-refractivity contribution is -0.137. The van der Waals surface area contributed by atoms with E-state index in [1.807, 2.05) is 12.1 Å². The summed E-state index contributed by atoms with van der Waals surface area (Å²) in [5.74, 6) is -0.358. The van der Waals surface area contributed by atoms with E-state index in [0.717, 1.165) is 5.56 Å². The summed E-state index contributed by atoms with van der Waals surface area (Å²) in [6.07, 6.45) is 3.56. The van der Waals surface area contributed by atoms with Crippen molar-refractivity contribution in [2.75, 3.05) is 12.4 Å². The van der Waals surface area contributed by atoms with Crippen LogP contribution in [-0.4, -0.2) is 26.7 Å². The molecule has 0 N–H and O–H groups in total. The Balaban J connectivity index is 2.10. The van der Waals surface area contributed by atoms with Gasteiger partial charge >= 0.3 is 5.97 Å². The van der Waals surface area contributed by atoms with Crippen molar-refractivity contribution in [1.29, 1.82) is 0 Å². The zero-order chi connectivity index (χ0) is 13.9. The Morgan fingerprint density at radius 1 is 1.42 bits per heavy atom. The van der Waals surface area contributed by atoms with Crippen LogP contribution in [0.5, 0.6) is 0 Å². The largest absolute Gasteiger partial charge is 0.463 e. The molecule has 0 fully saturated rings. The van der Waals surface area contributed by atoms with E-state index in [9.17, 15) is 13.2 Å². The third kappa shape index (κ3) is 3.04. The van der Waals surface area contributed by atoms with E-state index >= 15 is 0 Å². The summed E-state index contributed by atoms with van der Waals surface area (Å²) >= 11 is 0. The van der Waals surface area contributed by atoms with Gasteiger partial charge in [0.25, 0.3) is 0 Å². The lowest BCUT2D eigenvalue weighted by atomic mass is 9.98. The van der Waals surface area contributed by atoms with E-state index in [1.54, 1.807) is 25.1 Å². The number of allylic oxidation sites excluding steroid dienone is 1. The second-order valence-corrected chi connectivity index (χ2v) is 6.41. The molecular formula is C14H16O4S. The van der Waals surface area contributed by atoms with Gasteiger partial charge in [-0.3, -0.25) is 0 Å². The smallest absolute Gasteiger partial charge is 0.330 e. The van der Waals surface area contributed by atoms with Crippen LogP contribution >= 0.6 is 0 Å². The van der Waals surface area contributed by atoms with Crippen LogP contribution < -0.4 is 0 Å². The quantitative estimate of drug-likeness (QED) is 0.625. The Morgan fingerprint density at radius 3 is 2.89 bits per heavy atom. The Hall–Kier alpha value is -1.62. The number of carbonyl (C=O) groups is 1. The van der Waals surface area contributed by atoms with Crippen LogP contribution in [0.15, 0.2) is 41.3 Å². The Morgan fingerprint density at radius 2 is 2.16 bits per heavy atom. The Labute approximate surface area is 113 Å². The highest BCUT2D eigenvalue weighted by Gasteiger charge is 2.33. The molecule has 0 amide bonds. The van der Waals surface area contributed by atoms with Crippen LogP contribution in [0.2, 0.25) is 0 Å². The van der Waals surface area contributed by atoms with Gasteiger partial charge in [0.2, 0.25) is 0 Å². The Kier molecular flexibility index (Phi) is 4.04. The predicted octanol–water partition coefficient (Wildman–Crippen LogP) is 2.07. The first-order valence-electron chi connectivity index (χ1n) is 6.19. The second kappa shape index (κ2) is 5.57. The zero-order valence-electron chi connectivity index (χ0n) is 10.7. The van der Waals surface area contributed by atoms with Gasteiger partial charge < -0.3 is 4.74 Å². The van der Waals surface area contributed by atoms with Gasteiger partial charge in [-0.1, -0.05) is 24.3 Å². The van der Waals surface area contributed by atoms with Gasteiger partial charge in [0, 0.05) is 12.0 Å². The molecule has 1 aromatic carbocycles. The van der Waals surface area contributed by atoms with E-state index in [1.165, 1.54) is 6.08 Å². The molecule has 0 saturated carbocycles. The highest BCUT2D eigenvalue weighted by Crippen LogP contribution is 2.36. The SMILES string of the molecule is CCOC(=O)C=CCC1CS(=O)(=O)c2ccccc21. The molecule has 19 heavy (non-hydrogen) atoms. The van der Waals surface area contributed by atoms with Crippen molar-refractivity contribution in [2.24, 2.45) is 0 Å². The van der Waals surface area contributed by atoms with Gasteiger partial charge in [0.1, 0.15) is 0 Å². The molecule has 0 spiro atoms. The van der Waals surface area contributed by atoms with Crippen molar-refractivity contribution in [1.82, 2.24) is 0 Å². The first-order valence-corrected chi connectivity index (χ1v) is 7.85. The fourth-order valence-electron chi connectivity index (χ4n) is 2.26. The summed E-state index contributed by atoms with van der Waals surface area (Å²) in [5.41, 5.74) is 0.844. The maximum atomic E-state index is 11.9. The molecule has 0 aliphatic carbocycles. The van der Waals surface area contributed by atoms with Crippen molar-refractivity contribution in [2.45, 2.75) is 24.2 Å². The molecule has 1 aliphatic rings. The summed E-state index contributed by atoms with van der Waals surface area (Å²) in [6, 6.07) is 7.04. The summed E-state index contributed by atoms with van der Waals surface area (Å²) in [7, 11) is -3.17. The van der Waals surface area contributed by atoms with Crippen molar-refractivity contribution < 1.29 is 17.9 Å². The lowest BCUT2D eigenvalue weighted by Gasteiger charge is -2.05. The third-order valence-corrected chi connectivity index (χ3v) is 4.96. The van der Waals surface area contributed by atoms with Crippen LogP contribution in [0.25, 0.3) is 0 Å². The van der Waals surface area contributed by atoms with E-state index in [-0.39, 0.29) is 11.7 Å². The molecule has 1 aliphatic heterocycles. The number of hydrogen-bond donors (Lipinski definition) is 0. The molecule has 0 radical (unpaired) electrons. The number of rotatable bonds is 4. The molecule has 1 atom stereocenters. The molecule has 1 aromatic rings. The number of carbonyl (C=O) groups excluding carboxylic acids is 1. The second-order valence-electron chi connectivity index (χ2n) is 4.41. The van der Waals surface area contributed by atoms with Gasteiger partial charge in [0.05, 0.1) is 17.3 Å². The molecule has 0 bridgehead atoms. The highest BCUT2D eigenvalue weighted by molar-refractivity contribution is 7.91. The molecule has 4 nitrogen and oxygen atoms in total. The minimum absolute atomic E-state index is 0.0770. The van der Waals surface area contributed by atoms with Crippen molar-refractivity contribution in [3.05, 3.63) is 42.0 Å². The number of fused-ring (bicyclic) bond motifs is 1. The number of esters is 1. The van der Waals surface area contributed by atoms with E-state index in [4.69, 9.17) is 4.74 Å². The molecule has 1 unspecified atom stereocenters. The van der Waals surface area contributed by atoms with E-state index in [2.05, 4.69) is 0 Å². The minimum atomic E-state index is -3.17. The van der Waals surface area contributed by atoms with E-state index in [0.29, 0.717) is 17.9 Å². The average molecular weight is 280 g/mol. The normalized spacial score (nSPS) is 20.4. The van der Waals surface area contributed by atoms with Gasteiger partial charge in [-0.05, 0) is 25.0 Å². The van der Waals surface area contributed by atoms with Crippen LogP contribution in [0.3, 0.4) is 0 Å². The van der Waals surface area contributed by atoms with Gasteiger partial charge in [-0.25, -0.2) is 13.2 Å². The molecule has 0 saturated heterocycles. The van der Waals surface area contributed by atoms with Gasteiger partial charge in [-0.15, -0.1) is 0 Å². The lowest BCUT2D eigenvalue weighted by Crippen LogP contribution is -2.03.